The van der Waals surface area contributed by atoms with Gasteiger partial charge in [-0.1, -0.05) is 48.3 Å². The van der Waals surface area contributed by atoms with Gasteiger partial charge in [-0.2, -0.15) is 4.98 Å². The molecule has 29 heavy (non-hydrogen) atoms. The Balaban J connectivity index is 1.73. The molecule has 6 nitrogen and oxygen atoms in total. The number of imidazole rings is 1. The number of benzene rings is 2. The molecule has 6 heteroatoms. The summed E-state index contributed by atoms with van der Waals surface area (Å²) in [4.78, 5) is 13.9. The largest absolute Gasteiger partial charge is 0.332 e. The zero-order valence-corrected chi connectivity index (χ0v) is 15.8. The second kappa shape index (κ2) is 6.88. The lowest BCUT2D eigenvalue weighted by atomic mass is 9.98. The summed E-state index contributed by atoms with van der Waals surface area (Å²) in [5.74, 6) is 3.79. The van der Waals surface area contributed by atoms with E-state index in [-0.39, 0.29) is 0 Å². The third kappa shape index (κ3) is 2.84. The van der Waals surface area contributed by atoms with Crippen molar-refractivity contribution >= 4 is 5.71 Å². The first-order valence-corrected chi connectivity index (χ1v) is 9.39. The van der Waals surface area contributed by atoms with Gasteiger partial charge in [0, 0.05) is 23.1 Å². The van der Waals surface area contributed by atoms with Gasteiger partial charge in [-0.25, -0.2) is 4.98 Å². The Morgan fingerprint density at radius 1 is 1.17 bits per heavy atom. The van der Waals surface area contributed by atoms with Crippen molar-refractivity contribution in [3.63, 3.8) is 0 Å². The van der Waals surface area contributed by atoms with Crippen LogP contribution >= 0.6 is 0 Å². The van der Waals surface area contributed by atoms with Crippen molar-refractivity contribution in [2.45, 2.75) is 19.9 Å². The van der Waals surface area contributed by atoms with Crippen LogP contribution in [-0.2, 0) is 13.0 Å². The standard InChI is InChI=1S/C23H17N5O/c1-3-15-10-11-18-17(12-15)21(16-8-6-5-7-9-16)24-13-19-22(25-14-28(18)19)23-26-20(4-2)27-29-23/h1,5-12,14H,4,13H2,2H3. The van der Waals surface area contributed by atoms with Gasteiger partial charge in [0.1, 0.15) is 6.33 Å². The van der Waals surface area contributed by atoms with Crippen molar-refractivity contribution < 1.29 is 4.52 Å². The number of terminal acetylenes is 1. The quantitative estimate of drug-likeness (QED) is 0.508. The summed E-state index contributed by atoms with van der Waals surface area (Å²) in [6, 6.07) is 16.0. The van der Waals surface area contributed by atoms with Crippen LogP contribution in [0.2, 0.25) is 0 Å². The molecule has 0 radical (unpaired) electrons. The highest BCUT2D eigenvalue weighted by Gasteiger charge is 2.24. The van der Waals surface area contributed by atoms with Crippen molar-refractivity contribution in [3.05, 3.63) is 83.1 Å². The minimum atomic E-state index is 0.413. The fourth-order valence-electron chi connectivity index (χ4n) is 3.51. The maximum Gasteiger partial charge on any atom is 0.278 e. The molecule has 5 rings (SSSR count). The van der Waals surface area contributed by atoms with E-state index >= 15 is 0 Å². The van der Waals surface area contributed by atoms with Crippen LogP contribution in [-0.4, -0.2) is 25.4 Å². The molecule has 0 N–H and O–H groups in total. The van der Waals surface area contributed by atoms with Crippen LogP contribution in [0.1, 0.15) is 35.1 Å². The lowest BCUT2D eigenvalue weighted by Gasteiger charge is -2.12. The van der Waals surface area contributed by atoms with Crippen molar-refractivity contribution in [2.24, 2.45) is 4.99 Å². The van der Waals surface area contributed by atoms with E-state index in [1.807, 2.05) is 47.9 Å². The van der Waals surface area contributed by atoms with E-state index in [1.54, 1.807) is 6.33 Å². The van der Waals surface area contributed by atoms with Gasteiger partial charge < -0.3 is 4.52 Å². The predicted molar refractivity (Wildman–Crippen MR) is 110 cm³/mol. The number of aryl methyl sites for hydroxylation is 1. The number of nitrogens with zero attached hydrogens (tertiary/aromatic N) is 5. The summed E-state index contributed by atoms with van der Waals surface area (Å²) in [6.45, 7) is 2.42. The topological polar surface area (TPSA) is 69.1 Å². The minimum Gasteiger partial charge on any atom is -0.332 e. The molecule has 0 spiro atoms. The van der Waals surface area contributed by atoms with Crippen LogP contribution in [0.25, 0.3) is 17.3 Å². The fourth-order valence-corrected chi connectivity index (χ4v) is 3.51. The molecular formula is C23H17N5O. The maximum atomic E-state index is 5.66. The first-order valence-electron chi connectivity index (χ1n) is 9.39. The summed E-state index contributed by atoms with van der Waals surface area (Å²) in [7, 11) is 0. The molecule has 0 bridgehead atoms. The number of hydrogen-bond acceptors (Lipinski definition) is 5. The highest BCUT2D eigenvalue weighted by molar-refractivity contribution is 6.15. The zero-order valence-electron chi connectivity index (χ0n) is 15.8. The Morgan fingerprint density at radius 2 is 2.03 bits per heavy atom. The zero-order chi connectivity index (χ0) is 19.8. The molecule has 0 unspecified atom stereocenters. The first-order chi connectivity index (χ1) is 14.3. The SMILES string of the molecule is C#Cc1ccc2c(c1)C(c1ccccc1)=NCc1c(-c3nc(CC)no3)ncn1-2. The number of aliphatic imine (C=N–C) groups is 1. The molecule has 0 saturated heterocycles. The maximum absolute atomic E-state index is 5.66. The summed E-state index contributed by atoms with van der Waals surface area (Å²) in [5, 5.41) is 4.00. The molecule has 0 aliphatic carbocycles. The van der Waals surface area contributed by atoms with E-state index in [2.05, 4.69) is 33.2 Å². The molecular weight excluding hydrogens is 362 g/mol. The van der Waals surface area contributed by atoms with E-state index in [4.69, 9.17) is 15.9 Å². The first kappa shape index (κ1) is 17.1. The van der Waals surface area contributed by atoms with Gasteiger partial charge in [-0.15, -0.1) is 6.42 Å². The Kier molecular flexibility index (Phi) is 4.07. The van der Waals surface area contributed by atoms with Gasteiger partial charge in [0.2, 0.25) is 0 Å². The third-order valence-electron chi connectivity index (χ3n) is 4.97. The fraction of sp³-hybridized carbons (Fsp3) is 0.130. The number of hydrogen-bond donors (Lipinski definition) is 0. The van der Waals surface area contributed by atoms with Gasteiger partial charge in [-0.3, -0.25) is 9.56 Å². The second-order valence-electron chi connectivity index (χ2n) is 6.69. The molecule has 4 aromatic rings. The van der Waals surface area contributed by atoms with E-state index in [9.17, 15) is 0 Å². The van der Waals surface area contributed by atoms with Crippen molar-refractivity contribution in [1.82, 2.24) is 19.7 Å². The summed E-state index contributed by atoms with van der Waals surface area (Å²) in [5.41, 5.74) is 6.23. The molecule has 1 aliphatic heterocycles. The van der Waals surface area contributed by atoms with Crippen LogP contribution in [0.5, 0.6) is 0 Å². The molecule has 0 amide bonds. The van der Waals surface area contributed by atoms with Crippen molar-refractivity contribution in [2.75, 3.05) is 0 Å². The molecule has 0 atom stereocenters. The van der Waals surface area contributed by atoms with Crippen LogP contribution in [0.15, 0.2) is 64.4 Å². The Bertz CT molecular complexity index is 1270. The van der Waals surface area contributed by atoms with Gasteiger partial charge in [0.15, 0.2) is 11.5 Å². The van der Waals surface area contributed by atoms with Gasteiger partial charge in [0.25, 0.3) is 5.89 Å². The predicted octanol–water partition coefficient (Wildman–Crippen LogP) is 3.82. The lowest BCUT2D eigenvalue weighted by Crippen LogP contribution is -2.07. The smallest absolute Gasteiger partial charge is 0.278 e. The normalized spacial score (nSPS) is 12.5. The number of fused-ring (bicyclic) bond motifs is 3. The molecule has 2 aromatic carbocycles. The highest BCUT2D eigenvalue weighted by atomic mass is 16.5. The monoisotopic (exact) mass is 379 g/mol. The van der Waals surface area contributed by atoms with Gasteiger partial charge in [0.05, 0.1) is 23.6 Å². The number of rotatable bonds is 3. The Labute approximate surface area is 168 Å². The third-order valence-corrected chi connectivity index (χ3v) is 4.97. The molecule has 0 fully saturated rings. The second-order valence-corrected chi connectivity index (χ2v) is 6.69. The van der Waals surface area contributed by atoms with Crippen molar-refractivity contribution in [1.29, 1.82) is 0 Å². The lowest BCUT2D eigenvalue weighted by molar-refractivity contribution is 0.422. The van der Waals surface area contributed by atoms with E-state index in [1.165, 1.54) is 0 Å². The van der Waals surface area contributed by atoms with E-state index in [0.29, 0.717) is 30.4 Å². The Hall–Kier alpha value is -3.98. The summed E-state index contributed by atoms with van der Waals surface area (Å²) < 4.78 is 7.46. The highest BCUT2D eigenvalue weighted by Crippen LogP contribution is 2.30. The summed E-state index contributed by atoms with van der Waals surface area (Å²) >= 11 is 0. The van der Waals surface area contributed by atoms with Crippen molar-refractivity contribution in [3.8, 4) is 29.6 Å². The molecule has 3 heterocycles. The van der Waals surface area contributed by atoms with E-state index < -0.39 is 0 Å². The van der Waals surface area contributed by atoms with Crippen LogP contribution in [0.3, 0.4) is 0 Å². The van der Waals surface area contributed by atoms with Crippen LogP contribution < -0.4 is 0 Å². The van der Waals surface area contributed by atoms with Gasteiger partial charge >= 0.3 is 0 Å². The molecule has 2 aromatic heterocycles. The molecule has 1 aliphatic rings. The van der Waals surface area contributed by atoms with E-state index in [0.717, 1.165) is 33.8 Å². The molecule has 0 saturated carbocycles. The number of aromatic nitrogens is 4. The minimum absolute atomic E-state index is 0.413. The Morgan fingerprint density at radius 3 is 2.79 bits per heavy atom. The molecule has 140 valence electrons. The van der Waals surface area contributed by atoms with Gasteiger partial charge in [-0.05, 0) is 18.2 Å². The summed E-state index contributed by atoms with van der Waals surface area (Å²) in [6.07, 6.45) is 8.14. The average molecular weight is 379 g/mol. The van der Waals surface area contributed by atoms with Crippen LogP contribution in [0.4, 0.5) is 0 Å². The average Bonchev–Trinajstić information content (AvgIpc) is 3.38. The van der Waals surface area contributed by atoms with Crippen LogP contribution in [0, 0.1) is 12.3 Å².